The third-order valence-corrected chi connectivity index (χ3v) is 3.94. The van der Waals surface area contributed by atoms with Crippen molar-refractivity contribution >= 4 is 36.4 Å². The Kier molecular flexibility index (Phi) is 9.83. The van der Waals surface area contributed by atoms with E-state index in [1.165, 1.54) is 12.1 Å². The molecule has 6 heteroatoms. The molecule has 1 aliphatic heterocycles. The van der Waals surface area contributed by atoms with Crippen LogP contribution in [0.2, 0.25) is 5.02 Å². The summed E-state index contributed by atoms with van der Waals surface area (Å²) in [5, 5.41) is 3.91. The summed E-state index contributed by atoms with van der Waals surface area (Å²) >= 11 is 6.24. The number of benzene rings is 1. The van der Waals surface area contributed by atoms with Crippen molar-refractivity contribution in [1.29, 1.82) is 0 Å². The second-order valence-corrected chi connectivity index (χ2v) is 6.00. The van der Waals surface area contributed by atoms with E-state index in [4.69, 9.17) is 11.6 Å². The van der Waals surface area contributed by atoms with Crippen molar-refractivity contribution in [2.75, 3.05) is 26.2 Å². The summed E-state index contributed by atoms with van der Waals surface area (Å²) in [6.45, 7) is 8.48. The standard InChI is InChI=1S/C15H22ClFN2.2ClH/c1-11(2)9-15(19-7-5-18-6-8-19)13-4-3-12(17)10-14(13)16;;/h3-4,10-11,15,18H,5-9H2,1-2H3;2*1H/t15-;;/m0../s1. The summed E-state index contributed by atoms with van der Waals surface area (Å²) in [6, 6.07) is 5.06. The minimum Gasteiger partial charge on any atom is -0.314 e. The maximum atomic E-state index is 13.2. The van der Waals surface area contributed by atoms with E-state index in [1.54, 1.807) is 0 Å². The fraction of sp³-hybridized carbons (Fsp3) is 0.600. The van der Waals surface area contributed by atoms with Gasteiger partial charge in [0.2, 0.25) is 0 Å². The topological polar surface area (TPSA) is 15.3 Å². The minimum absolute atomic E-state index is 0. The molecule has 0 spiro atoms. The van der Waals surface area contributed by atoms with Gasteiger partial charge in [-0.15, -0.1) is 24.8 Å². The number of halogens is 4. The lowest BCUT2D eigenvalue weighted by Gasteiger charge is -2.36. The molecule has 0 aliphatic carbocycles. The average Bonchev–Trinajstić information content (AvgIpc) is 2.37. The van der Waals surface area contributed by atoms with Crippen LogP contribution >= 0.6 is 36.4 Å². The van der Waals surface area contributed by atoms with Crippen LogP contribution in [0.1, 0.15) is 31.9 Å². The Labute approximate surface area is 144 Å². The van der Waals surface area contributed by atoms with Crippen LogP contribution < -0.4 is 5.32 Å². The molecule has 0 bridgehead atoms. The summed E-state index contributed by atoms with van der Waals surface area (Å²) in [6.07, 6.45) is 1.05. The largest absolute Gasteiger partial charge is 0.314 e. The van der Waals surface area contributed by atoms with Gasteiger partial charge in [0.05, 0.1) is 0 Å². The molecule has 0 unspecified atom stereocenters. The summed E-state index contributed by atoms with van der Waals surface area (Å²) in [5.41, 5.74) is 1.05. The van der Waals surface area contributed by atoms with Crippen molar-refractivity contribution in [2.24, 2.45) is 5.92 Å². The van der Waals surface area contributed by atoms with Gasteiger partial charge >= 0.3 is 0 Å². The quantitative estimate of drug-likeness (QED) is 0.863. The molecule has 0 amide bonds. The van der Waals surface area contributed by atoms with E-state index in [2.05, 4.69) is 24.1 Å². The zero-order chi connectivity index (χ0) is 13.8. The number of piperazine rings is 1. The van der Waals surface area contributed by atoms with Crippen LogP contribution in [-0.2, 0) is 0 Å². The molecule has 0 radical (unpaired) electrons. The molecule has 0 aromatic heterocycles. The molecule has 21 heavy (non-hydrogen) atoms. The fourth-order valence-corrected chi connectivity index (χ4v) is 2.98. The van der Waals surface area contributed by atoms with Gasteiger partial charge in [0.25, 0.3) is 0 Å². The molecule has 1 atom stereocenters. The fourth-order valence-electron chi connectivity index (χ4n) is 2.68. The number of hydrogen-bond acceptors (Lipinski definition) is 2. The zero-order valence-corrected chi connectivity index (χ0v) is 14.8. The SMILES string of the molecule is CC(C)C[C@@H](c1ccc(F)cc1Cl)N1CCNCC1.Cl.Cl. The van der Waals surface area contributed by atoms with Crippen LogP contribution in [0.25, 0.3) is 0 Å². The van der Waals surface area contributed by atoms with Gasteiger partial charge in [0.1, 0.15) is 5.82 Å². The molecule has 1 aliphatic rings. The second kappa shape index (κ2) is 9.86. The first-order valence-corrected chi connectivity index (χ1v) is 7.35. The number of nitrogens with one attached hydrogen (secondary N) is 1. The van der Waals surface area contributed by atoms with Gasteiger partial charge in [-0.05, 0) is 30.0 Å². The minimum atomic E-state index is -0.266. The van der Waals surface area contributed by atoms with Crippen molar-refractivity contribution in [3.05, 3.63) is 34.6 Å². The molecule has 1 fully saturated rings. The van der Waals surface area contributed by atoms with Crippen molar-refractivity contribution in [3.63, 3.8) is 0 Å². The van der Waals surface area contributed by atoms with E-state index in [0.717, 1.165) is 38.2 Å². The molecule has 1 aromatic rings. The van der Waals surface area contributed by atoms with Gasteiger partial charge in [0.15, 0.2) is 0 Å². The predicted molar refractivity (Wildman–Crippen MR) is 92.5 cm³/mol. The molecule has 1 aromatic carbocycles. The van der Waals surface area contributed by atoms with E-state index in [9.17, 15) is 4.39 Å². The zero-order valence-electron chi connectivity index (χ0n) is 12.4. The van der Waals surface area contributed by atoms with E-state index in [1.807, 2.05) is 6.07 Å². The van der Waals surface area contributed by atoms with Crippen LogP contribution in [0.5, 0.6) is 0 Å². The number of rotatable bonds is 4. The molecule has 2 nitrogen and oxygen atoms in total. The monoisotopic (exact) mass is 356 g/mol. The van der Waals surface area contributed by atoms with Gasteiger partial charge in [-0.3, -0.25) is 4.90 Å². The van der Waals surface area contributed by atoms with Gasteiger partial charge in [0, 0.05) is 37.2 Å². The van der Waals surface area contributed by atoms with Crippen LogP contribution in [0.15, 0.2) is 18.2 Å². The summed E-state index contributed by atoms with van der Waals surface area (Å²) in [4.78, 5) is 2.45. The van der Waals surface area contributed by atoms with Gasteiger partial charge in [-0.1, -0.05) is 31.5 Å². The molecule has 1 N–H and O–H groups in total. The Bertz CT molecular complexity index is 423. The molecular weight excluding hydrogens is 334 g/mol. The average molecular weight is 358 g/mol. The van der Waals surface area contributed by atoms with Crippen LogP contribution in [-0.4, -0.2) is 31.1 Å². The van der Waals surface area contributed by atoms with Crippen LogP contribution in [0.4, 0.5) is 4.39 Å². The van der Waals surface area contributed by atoms with Crippen molar-refractivity contribution in [2.45, 2.75) is 26.3 Å². The highest BCUT2D eigenvalue weighted by molar-refractivity contribution is 6.31. The van der Waals surface area contributed by atoms with E-state index >= 15 is 0 Å². The van der Waals surface area contributed by atoms with Gasteiger partial charge in [-0.25, -0.2) is 4.39 Å². The van der Waals surface area contributed by atoms with E-state index in [0.29, 0.717) is 10.9 Å². The van der Waals surface area contributed by atoms with E-state index < -0.39 is 0 Å². The summed E-state index contributed by atoms with van der Waals surface area (Å²) in [5.74, 6) is 0.318. The summed E-state index contributed by atoms with van der Waals surface area (Å²) < 4.78 is 13.2. The smallest absolute Gasteiger partial charge is 0.124 e. The van der Waals surface area contributed by atoms with Crippen molar-refractivity contribution in [1.82, 2.24) is 10.2 Å². The highest BCUT2D eigenvalue weighted by atomic mass is 35.5. The normalized spacial score (nSPS) is 17.0. The van der Waals surface area contributed by atoms with Crippen LogP contribution in [0.3, 0.4) is 0 Å². The molecule has 122 valence electrons. The highest BCUT2D eigenvalue weighted by Gasteiger charge is 2.24. The molecule has 1 saturated heterocycles. The third-order valence-electron chi connectivity index (χ3n) is 3.61. The molecule has 2 rings (SSSR count). The maximum absolute atomic E-state index is 13.2. The van der Waals surface area contributed by atoms with Crippen molar-refractivity contribution in [3.8, 4) is 0 Å². The Morgan fingerprint density at radius 1 is 1.24 bits per heavy atom. The second-order valence-electron chi connectivity index (χ2n) is 5.60. The molecular formula is C15H24Cl3FN2. The lowest BCUT2D eigenvalue weighted by atomic mass is 9.95. The predicted octanol–water partition coefficient (Wildman–Crippen LogP) is 4.32. The molecule has 0 saturated carbocycles. The first-order chi connectivity index (χ1) is 9.08. The number of hydrogen-bond donors (Lipinski definition) is 1. The summed E-state index contributed by atoms with van der Waals surface area (Å²) in [7, 11) is 0. The third kappa shape index (κ3) is 5.91. The lowest BCUT2D eigenvalue weighted by Crippen LogP contribution is -2.45. The Balaban J connectivity index is 0.00000200. The van der Waals surface area contributed by atoms with Gasteiger partial charge < -0.3 is 5.32 Å². The highest BCUT2D eigenvalue weighted by Crippen LogP contribution is 2.33. The number of nitrogens with zero attached hydrogens (tertiary/aromatic N) is 1. The Morgan fingerprint density at radius 3 is 2.38 bits per heavy atom. The van der Waals surface area contributed by atoms with Crippen LogP contribution in [0, 0.1) is 11.7 Å². The van der Waals surface area contributed by atoms with E-state index in [-0.39, 0.29) is 36.7 Å². The Morgan fingerprint density at radius 2 is 1.86 bits per heavy atom. The Hall–Kier alpha value is -0.0600. The van der Waals surface area contributed by atoms with Crippen molar-refractivity contribution < 1.29 is 4.39 Å². The molecule has 1 heterocycles. The maximum Gasteiger partial charge on any atom is 0.124 e. The first-order valence-electron chi connectivity index (χ1n) is 6.97. The first kappa shape index (κ1) is 20.9. The lowest BCUT2D eigenvalue weighted by molar-refractivity contribution is 0.154. The van der Waals surface area contributed by atoms with Gasteiger partial charge in [-0.2, -0.15) is 0 Å².